The van der Waals surface area contributed by atoms with Crippen molar-refractivity contribution in [1.82, 2.24) is 4.98 Å². The van der Waals surface area contributed by atoms with Gasteiger partial charge in [0.25, 0.3) is 10.0 Å². The van der Waals surface area contributed by atoms with E-state index in [1.54, 1.807) is 17.8 Å². The summed E-state index contributed by atoms with van der Waals surface area (Å²) < 4.78 is 42.3. The molecule has 3 aromatic rings. The molecule has 30 heavy (non-hydrogen) atoms. The number of hydrogen-bond acceptors (Lipinski definition) is 6. The quantitative estimate of drug-likeness (QED) is 0.618. The zero-order chi connectivity index (χ0) is 21.3. The summed E-state index contributed by atoms with van der Waals surface area (Å²) in [5.41, 5.74) is 0.642. The number of nitrogens with one attached hydrogen (secondary N) is 1. The highest BCUT2D eigenvalue weighted by Gasteiger charge is 2.22. The molecular weight excluding hydrogens is 429 g/mol. The molecule has 0 saturated carbocycles. The number of nitrogens with zero attached hydrogens (tertiary/aromatic N) is 2. The van der Waals surface area contributed by atoms with Crippen molar-refractivity contribution in [1.29, 1.82) is 0 Å². The van der Waals surface area contributed by atoms with Crippen LogP contribution in [-0.2, 0) is 10.0 Å². The van der Waals surface area contributed by atoms with E-state index in [1.165, 1.54) is 36.5 Å². The Balaban J connectivity index is 1.71. The van der Waals surface area contributed by atoms with Gasteiger partial charge in [0.15, 0.2) is 0 Å². The van der Waals surface area contributed by atoms with Gasteiger partial charge in [0.05, 0.1) is 16.1 Å². The van der Waals surface area contributed by atoms with E-state index in [1.807, 2.05) is 4.90 Å². The van der Waals surface area contributed by atoms with Gasteiger partial charge in [-0.1, -0.05) is 0 Å². The second-order valence-corrected chi connectivity index (χ2v) is 9.56. The molecule has 0 spiro atoms. The number of thioether (sulfide) groups is 1. The van der Waals surface area contributed by atoms with Crippen molar-refractivity contribution in [2.24, 2.45) is 0 Å². The van der Waals surface area contributed by atoms with Crippen LogP contribution in [-0.4, -0.2) is 49.1 Å². The van der Waals surface area contributed by atoms with Gasteiger partial charge < -0.3 is 10.0 Å². The van der Waals surface area contributed by atoms with Crippen LogP contribution in [0.1, 0.15) is 10.4 Å². The van der Waals surface area contributed by atoms with Crippen LogP contribution >= 0.6 is 11.8 Å². The maximum atomic E-state index is 14.0. The predicted octanol–water partition coefficient (Wildman–Crippen LogP) is 3.43. The number of carboxylic acids is 1. The normalized spacial score (nSPS) is 14.6. The topological polar surface area (TPSA) is 99.6 Å². The minimum Gasteiger partial charge on any atom is -0.478 e. The Hall–Kier alpha value is -2.85. The average molecular weight is 448 g/mol. The molecule has 7 nitrogen and oxygen atoms in total. The van der Waals surface area contributed by atoms with Crippen LogP contribution in [0.3, 0.4) is 0 Å². The summed E-state index contributed by atoms with van der Waals surface area (Å²) in [5.74, 6) is 0.0422. The lowest BCUT2D eigenvalue weighted by Gasteiger charge is -2.29. The van der Waals surface area contributed by atoms with Crippen molar-refractivity contribution in [3.8, 4) is 0 Å². The summed E-state index contributed by atoms with van der Waals surface area (Å²) in [6.45, 7) is 1.45. The first-order chi connectivity index (χ1) is 14.4. The highest BCUT2D eigenvalue weighted by molar-refractivity contribution is 7.99. The lowest BCUT2D eigenvalue weighted by Crippen LogP contribution is -2.33. The summed E-state index contributed by atoms with van der Waals surface area (Å²) in [6, 6.07) is 9.66. The van der Waals surface area contributed by atoms with Crippen molar-refractivity contribution < 1.29 is 22.7 Å². The Bertz CT molecular complexity index is 1230. The van der Waals surface area contributed by atoms with Gasteiger partial charge in [0.2, 0.25) is 0 Å². The van der Waals surface area contributed by atoms with Gasteiger partial charge >= 0.3 is 5.97 Å². The SMILES string of the molecule is O=C(O)c1cc(NS(=O)(=O)c2ccc(F)c3ncccc23)ccc1N1CCSCC1. The fourth-order valence-corrected chi connectivity index (χ4v) is 5.56. The molecule has 0 radical (unpaired) electrons. The largest absolute Gasteiger partial charge is 0.478 e. The number of sulfonamides is 1. The van der Waals surface area contributed by atoms with Crippen LogP contribution in [0.15, 0.2) is 53.6 Å². The smallest absolute Gasteiger partial charge is 0.337 e. The van der Waals surface area contributed by atoms with Crippen LogP contribution in [0.4, 0.5) is 15.8 Å². The third-order valence-electron chi connectivity index (χ3n) is 4.80. The van der Waals surface area contributed by atoms with Gasteiger partial charge in [-0.2, -0.15) is 11.8 Å². The lowest BCUT2D eigenvalue weighted by atomic mass is 10.1. The molecule has 0 unspecified atom stereocenters. The molecule has 1 aromatic heterocycles. The molecule has 1 saturated heterocycles. The van der Waals surface area contributed by atoms with E-state index in [2.05, 4.69) is 9.71 Å². The maximum absolute atomic E-state index is 14.0. The van der Waals surface area contributed by atoms with E-state index in [0.717, 1.165) is 30.7 Å². The number of halogens is 1. The van der Waals surface area contributed by atoms with Gasteiger partial charge in [-0.3, -0.25) is 9.71 Å². The van der Waals surface area contributed by atoms with Crippen molar-refractivity contribution >= 4 is 50.0 Å². The molecule has 0 atom stereocenters. The number of anilines is 2. The number of aromatic carboxylic acids is 1. The Morgan fingerprint density at radius 2 is 1.93 bits per heavy atom. The summed E-state index contributed by atoms with van der Waals surface area (Å²) in [4.78, 5) is 17.6. The molecule has 0 amide bonds. The van der Waals surface area contributed by atoms with Gasteiger partial charge in [-0.25, -0.2) is 17.6 Å². The third kappa shape index (κ3) is 3.92. The summed E-state index contributed by atoms with van der Waals surface area (Å²) in [6.07, 6.45) is 1.38. The van der Waals surface area contributed by atoms with E-state index in [-0.39, 0.29) is 27.0 Å². The second kappa shape index (κ2) is 8.11. The number of pyridine rings is 1. The molecule has 10 heteroatoms. The molecule has 0 bridgehead atoms. The van der Waals surface area contributed by atoms with Gasteiger partial charge in [-0.15, -0.1) is 0 Å². The molecule has 1 aliphatic rings. The van der Waals surface area contributed by atoms with Crippen molar-refractivity contribution in [2.45, 2.75) is 4.90 Å². The Kier molecular flexibility index (Phi) is 5.52. The second-order valence-electron chi connectivity index (χ2n) is 6.69. The van der Waals surface area contributed by atoms with Gasteiger partial charge in [0, 0.05) is 41.9 Å². The molecule has 2 N–H and O–H groups in total. The molecule has 1 aliphatic heterocycles. The Morgan fingerprint density at radius 1 is 1.17 bits per heavy atom. The number of benzene rings is 2. The molecule has 0 aliphatic carbocycles. The highest BCUT2D eigenvalue weighted by atomic mass is 32.2. The van der Waals surface area contributed by atoms with Crippen LogP contribution < -0.4 is 9.62 Å². The fourth-order valence-electron chi connectivity index (χ4n) is 3.41. The molecule has 156 valence electrons. The fraction of sp³-hybridized carbons (Fsp3) is 0.200. The summed E-state index contributed by atoms with van der Waals surface area (Å²) in [7, 11) is -4.10. The monoisotopic (exact) mass is 447 g/mol. The highest BCUT2D eigenvalue weighted by Crippen LogP contribution is 2.30. The van der Waals surface area contributed by atoms with E-state index < -0.39 is 21.8 Å². The lowest BCUT2D eigenvalue weighted by molar-refractivity contribution is 0.0697. The predicted molar refractivity (Wildman–Crippen MR) is 115 cm³/mol. The Labute approximate surface area is 177 Å². The third-order valence-corrected chi connectivity index (χ3v) is 7.18. The van der Waals surface area contributed by atoms with Crippen LogP contribution in [0.25, 0.3) is 10.9 Å². The maximum Gasteiger partial charge on any atom is 0.337 e. The zero-order valence-corrected chi connectivity index (χ0v) is 17.3. The van der Waals surface area contributed by atoms with Crippen molar-refractivity contribution in [3.05, 3.63) is 60.0 Å². The number of fused-ring (bicyclic) bond motifs is 1. The summed E-state index contributed by atoms with van der Waals surface area (Å²) >= 11 is 1.81. The minimum absolute atomic E-state index is 0.0210. The first kappa shape index (κ1) is 20.4. The molecule has 2 aromatic carbocycles. The van der Waals surface area contributed by atoms with E-state index in [0.29, 0.717) is 5.69 Å². The molecule has 1 fully saturated rings. The Morgan fingerprint density at radius 3 is 2.67 bits per heavy atom. The average Bonchev–Trinajstić information content (AvgIpc) is 2.74. The molecule has 2 heterocycles. The van der Waals surface area contributed by atoms with Gasteiger partial charge in [0.1, 0.15) is 11.3 Å². The van der Waals surface area contributed by atoms with Crippen LogP contribution in [0.2, 0.25) is 0 Å². The van der Waals surface area contributed by atoms with E-state index >= 15 is 0 Å². The van der Waals surface area contributed by atoms with Crippen LogP contribution in [0, 0.1) is 5.82 Å². The molecular formula is C20H18FN3O4S2. The van der Waals surface area contributed by atoms with E-state index in [4.69, 9.17) is 0 Å². The number of carboxylic acid groups (broad SMARTS) is 1. The van der Waals surface area contributed by atoms with Gasteiger partial charge in [-0.05, 0) is 42.5 Å². The molecule has 4 rings (SSSR count). The summed E-state index contributed by atoms with van der Waals surface area (Å²) in [5, 5.41) is 9.79. The number of rotatable bonds is 5. The van der Waals surface area contributed by atoms with Crippen molar-refractivity contribution in [2.75, 3.05) is 34.2 Å². The standard InChI is InChI=1S/C20H18FN3O4S2/c21-16-4-6-18(14-2-1-7-22-19(14)16)30(27,28)23-13-3-5-17(15(12-13)20(25)26)24-8-10-29-11-9-24/h1-7,12,23H,8-11H2,(H,25,26). The zero-order valence-electron chi connectivity index (χ0n) is 15.7. The number of carbonyl (C=O) groups is 1. The van der Waals surface area contributed by atoms with E-state index in [9.17, 15) is 22.7 Å². The first-order valence-electron chi connectivity index (χ1n) is 9.13. The van der Waals surface area contributed by atoms with Crippen molar-refractivity contribution in [3.63, 3.8) is 0 Å². The first-order valence-corrected chi connectivity index (χ1v) is 11.8. The van der Waals surface area contributed by atoms with Crippen LogP contribution in [0.5, 0.6) is 0 Å². The number of hydrogen-bond donors (Lipinski definition) is 2. The number of aromatic nitrogens is 1. The minimum atomic E-state index is -4.10.